The van der Waals surface area contributed by atoms with Gasteiger partial charge in [0.1, 0.15) is 0 Å². The molecule has 2 heterocycles. The summed E-state index contributed by atoms with van der Waals surface area (Å²) < 4.78 is 1.99. The van der Waals surface area contributed by atoms with Crippen molar-refractivity contribution in [3.05, 3.63) is 68.9 Å². The minimum absolute atomic E-state index is 0.115. The minimum atomic E-state index is -0.115. The molecule has 0 saturated carbocycles. The second-order valence-electron chi connectivity index (χ2n) is 6.67. The van der Waals surface area contributed by atoms with Crippen LogP contribution in [-0.2, 0) is 19.6 Å². The summed E-state index contributed by atoms with van der Waals surface area (Å²) in [5, 5.41) is 10.6. The van der Waals surface area contributed by atoms with E-state index in [1.54, 1.807) is 23.3 Å². The van der Waals surface area contributed by atoms with E-state index in [1.165, 1.54) is 5.56 Å². The van der Waals surface area contributed by atoms with Crippen molar-refractivity contribution in [1.29, 1.82) is 0 Å². The van der Waals surface area contributed by atoms with Crippen molar-refractivity contribution < 1.29 is 4.79 Å². The second-order valence-corrected chi connectivity index (χ2v) is 7.73. The molecule has 0 atom stereocenters. The number of thiazole rings is 1. The molecule has 2 amide bonds. The van der Waals surface area contributed by atoms with Crippen LogP contribution in [0.2, 0.25) is 0 Å². The molecule has 7 heteroatoms. The Morgan fingerprint density at radius 2 is 1.96 bits per heavy atom. The van der Waals surface area contributed by atoms with Crippen LogP contribution in [0.4, 0.5) is 4.79 Å². The number of hydrogen-bond donors (Lipinski definition) is 1. The smallest absolute Gasteiger partial charge is 0.317 e. The van der Waals surface area contributed by atoms with Gasteiger partial charge in [0.25, 0.3) is 0 Å². The molecule has 3 rings (SSSR count). The van der Waals surface area contributed by atoms with Gasteiger partial charge in [0.2, 0.25) is 0 Å². The molecule has 0 radical (unpaired) electrons. The van der Waals surface area contributed by atoms with E-state index in [1.807, 2.05) is 49.0 Å². The molecule has 0 aliphatic carbocycles. The first-order valence-electron chi connectivity index (χ1n) is 8.91. The van der Waals surface area contributed by atoms with E-state index in [2.05, 4.69) is 27.5 Å². The van der Waals surface area contributed by atoms with Crippen molar-refractivity contribution in [3.8, 4) is 0 Å². The first kappa shape index (κ1) is 19.1. The summed E-state index contributed by atoms with van der Waals surface area (Å²) >= 11 is 1.60. The van der Waals surface area contributed by atoms with Crippen LogP contribution in [0.15, 0.2) is 35.7 Å². The molecule has 1 N–H and O–H groups in total. The lowest BCUT2D eigenvalue weighted by atomic mass is 10.2. The van der Waals surface area contributed by atoms with Crippen LogP contribution in [0.25, 0.3) is 0 Å². The molecule has 0 saturated heterocycles. The van der Waals surface area contributed by atoms with Crippen LogP contribution in [0.5, 0.6) is 0 Å². The van der Waals surface area contributed by atoms with Crippen molar-refractivity contribution in [3.63, 3.8) is 0 Å². The quantitative estimate of drug-likeness (QED) is 0.707. The zero-order valence-corrected chi connectivity index (χ0v) is 17.0. The summed E-state index contributed by atoms with van der Waals surface area (Å²) in [6.07, 6.45) is 0. The predicted octanol–water partition coefficient (Wildman–Crippen LogP) is 3.65. The Balaban J connectivity index is 1.61. The van der Waals surface area contributed by atoms with Gasteiger partial charge >= 0.3 is 6.03 Å². The van der Waals surface area contributed by atoms with Crippen LogP contribution in [-0.4, -0.2) is 32.7 Å². The summed E-state index contributed by atoms with van der Waals surface area (Å²) in [7, 11) is 1.78. The standard InChI is InChI=1S/C20H25N5OS/c1-14-19(15(2)25(23-14)11-17-8-6-5-7-9-17)10-21-20(26)24(4)12-18-13-27-16(3)22-18/h5-9,13H,10-12H2,1-4H3,(H,21,26). The fourth-order valence-corrected chi connectivity index (χ4v) is 3.60. The molecule has 3 aromatic rings. The van der Waals surface area contributed by atoms with E-state index >= 15 is 0 Å². The Hall–Kier alpha value is -2.67. The number of nitrogens with one attached hydrogen (secondary N) is 1. The molecule has 6 nitrogen and oxygen atoms in total. The first-order chi connectivity index (χ1) is 12.9. The number of urea groups is 1. The molecule has 0 bridgehead atoms. The third-order valence-electron chi connectivity index (χ3n) is 4.54. The Morgan fingerprint density at radius 1 is 1.22 bits per heavy atom. The Labute approximate surface area is 163 Å². The average molecular weight is 384 g/mol. The maximum Gasteiger partial charge on any atom is 0.317 e. The van der Waals surface area contributed by atoms with Gasteiger partial charge in [0.05, 0.1) is 29.5 Å². The number of rotatable bonds is 6. The van der Waals surface area contributed by atoms with Gasteiger partial charge in [-0.15, -0.1) is 11.3 Å². The number of benzene rings is 1. The summed E-state index contributed by atoms with van der Waals surface area (Å²) in [6, 6.07) is 10.1. The number of amides is 2. The van der Waals surface area contributed by atoms with Crippen LogP contribution in [0.1, 0.15) is 33.2 Å². The van der Waals surface area contributed by atoms with Gasteiger partial charge in [-0.05, 0) is 26.3 Å². The molecule has 0 fully saturated rings. The molecule has 0 aliphatic rings. The number of aromatic nitrogens is 3. The lowest BCUT2D eigenvalue weighted by molar-refractivity contribution is 0.206. The van der Waals surface area contributed by atoms with Crippen molar-refractivity contribution in [1.82, 2.24) is 25.0 Å². The highest BCUT2D eigenvalue weighted by Gasteiger charge is 2.15. The van der Waals surface area contributed by atoms with Gasteiger partial charge in [-0.1, -0.05) is 30.3 Å². The van der Waals surface area contributed by atoms with E-state index < -0.39 is 0 Å². The monoisotopic (exact) mass is 383 g/mol. The predicted molar refractivity (Wildman–Crippen MR) is 108 cm³/mol. The van der Waals surface area contributed by atoms with Crippen LogP contribution < -0.4 is 5.32 Å². The zero-order chi connectivity index (χ0) is 19.4. The Bertz CT molecular complexity index is 916. The third kappa shape index (κ3) is 4.74. The highest BCUT2D eigenvalue weighted by Crippen LogP contribution is 2.15. The van der Waals surface area contributed by atoms with Crippen molar-refractivity contribution in [2.45, 2.75) is 40.4 Å². The lowest BCUT2D eigenvalue weighted by Gasteiger charge is -2.17. The first-order valence-corrected chi connectivity index (χ1v) is 9.78. The molecular formula is C20H25N5OS. The maximum absolute atomic E-state index is 12.4. The fraction of sp³-hybridized carbons (Fsp3) is 0.350. The zero-order valence-electron chi connectivity index (χ0n) is 16.2. The number of carbonyl (C=O) groups excluding carboxylic acids is 1. The van der Waals surface area contributed by atoms with E-state index in [9.17, 15) is 4.79 Å². The van der Waals surface area contributed by atoms with Gasteiger partial charge in [-0.2, -0.15) is 5.10 Å². The van der Waals surface area contributed by atoms with Crippen molar-refractivity contribution in [2.75, 3.05) is 7.05 Å². The second kappa shape index (κ2) is 8.35. The highest BCUT2D eigenvalue weighted by molar-refractivity contribution is 7.09. The molecule has 27 heavy (non-hydrogen) atoms. The summed E-state index contributed by atoms with van der Waals surface area (Å²) in [5.74, 6) is 0. The van der Waals surface area contributed by atoms with Crippen LogP contribution in [0, 0.1) is 20.8 Å². The third-order valence-corrected chi connectivity index (χ3v) is 5.36. The normalized spacial score (nSPS) is 10.8. The van der Waals surface area contributed by atoms with Crippen molar-refractivity contribution >= 4 is 17.4 Å². The number of nitrogens with zero attached hydrogens (tertiary/aromatic N) is 4. The SMILES string of the molecule is Cc1nc(CN(C)C(=O)NCc2c(C)nn(Cc3ccccc3)c2C)cs1. The van der Waals surface area contributed by atoms with E-state index in [0.29, 0.717) is 13.1 Å². The number of aryl methyl sites for hydroxylation is 2. The molecule has 2 aromatic heterocycles. The van der Waals surface area contributed by atoms with Gasteiger partial charge in [0, 0.05) is 30.2 Å². The summed E-state index contributed by atoms with van der Waals surface area (Å²) in [4.78, 5) is 18.5. The molecule has 0 unspecified atom stereocenters. The van der Waals surface area contributed by atoms with E-state index in [4.69, 9.17) is 0 Å². The van der Waals surface area contributed by atoms with Gasteiger partial charge < -0.3 is 10.2 Å². The molecule has 142 valence electrons. The lowest BCUT2D eigenvalue weighted by Crippen LogP contribution is -2.36. The number of hydrogen-bond acceptors (Lipinski definition) is 4. The number of carbonyl (C=O) groups is 1. The Morgan fingerprint density at radius 3 is 2.63 bits per heavy atom. The molecule has 0 spiro atoms. The van der Waals surface area contributed by atoms with E-state index in [-0.39, 0.29) is 6.03 Å². The largest absolute Gasteiger partial charge is 0.334 e. The fourth-order valence-electron chi connectivity index (χ4n) is 2.99. The summed E-state index contributed by atoms with van der Waals surface area (Å²) in [5.41, 5.74) is 5.21. The van der Waals surface area contributed by atoms with E-state index in [0.717, 1.165) is 34.2 Å². The molecule has 0 aliphatic heterocycles. The summed E-state index contributed by atoms with van der Waals surface area (Å²) in [6.45, 7) is 7.69. The Kier molecular flexibility index (Phi) is 5.91. The molecular weight excluding hydrogens is 358 g/mol. The minimum Gasteiger partial charge on any atom is -0.334 e. The molecule has 1 aromatic carbocycles. The van der Waals surface area contributed by atoms with Gasteiger partial charge in [0.15, 0.2) is 0 Å². The van der Waals surface area contributed by atoms with Crippen LogP contribution >= 0.6 is 11.3 Å². The van der Waals surface area contributed by atoms with Crippen LogP contribution in [0.3, 0.4) is 0 Å². The van der Waals surface area contributed by atoms with Gasteiger partial charge in [-0.3, -0.25) is 4.68 Å². The van der Waals surface area contributed by atoms with Crippen molar-refractivity contribution in [2.24, 2.45) is 0 Å². The van der Waals surface area contributed by atoms with Gasteiger partial charge in [-0.25, -0.2) is 9.78 Å². The average Bonchev–Trinajstić information content (AvgIpc) is 3.17. The highest BCUT2D eigenvalue weighted by atomic mass is 32.1. The topological polar surface area (TPSA) is 63.1 Å². The maximum atomic E-state index is 12.4.